The molecule has 5 aromatic heterocycles. The number of rotatable bonds is 4. The molecular formula is C56H32N4O2. The second kappa shape index (κ2) is 12.5. The predicted molar refractivity (Wildman–Crippen MR) is 254 cm³/mol. The SMILES string of the molecule is c1ccc(-n2c3ccccc3c3cc(-c4ccc5c(c4)c4cc6c(cc4n5-c4nc(-c5cccc7c5oc5ccccc57)c5ccccc5n4)oc4ccccc46)ccc32)cc1. The Morgan fingerprint density at radius 3 is 1.74 bits per heavy atom. The van der Waals surface area contributed by atoms with Gasteiger partial charge in [0.05, 0.1) is 33.3 Å². The molecule has 0 radical (unpaired) electrons. The average Bonchev–Trinajstić information content (AvgIpc) is 4.08. The maximum atomic E-state index is 6.58. The first kappa shape index (κ1) is 33.4. The van der Waals surface area contributed by atoms with Crippen molar-refractivity contribution >= 4 is 98.4 Å². The molecule has 6 nitrogen and oxygen atoms in total. The fraction of sp³-hybridized carbons (Fsp3) is 0. The monoisotopic (exact) mass is 792 g/mol. The van der Waals surface area contributed by atoms with Crippen LogP contribution in [0.3, 0.4) is 0 Å². The number of fused-ring (bicyclic) bond motifs is 13. The zero-order valence-corrected chi connectivity index (χ0v) is 33.1. The van der Waals surface area contributed by atoms with Crippen molar-refractivity contribution in [2.75, 3.05) is 0 Å². The van der Waals surface area contributed by atoms with Gasteiger partial charge < -0.3 is 13.4 Å². The van der Waals surface area contributed by atoms with Crippen LogP contribution in [0.1, 0.15) is 0 Å². The van der Waals surface area contributed by atoms with Crippen molar-refractivity contribution in [3.63, 3.8) is 0 Å². The molecule has 0 aliphatic carbocycles. The average molecular weight is 793 g/mol. The van der Waals surface area contributed by atoms with Crippen molar-refractivity contribution in [3.05, 3.63) is 194 Å². The number of hydrogen-bond donors (Lipinski definition) is 0. The van der Waals surface area contributed by atoms with E-state index in [4.69, 9.17) is 18.8 Å². The summed E-state index contributed by atoms with van der Waals surface area (Å²) in [6, 6.07) is 68.4. The third-order valence-electron chi connectivity index (χ3n) is 12.7. The Kier molecular flexibility index (Phi) is 6.74. The van der Waals surface area contributed by atoms with Gasteiger partial charge in [-0.1, -0.05) is 115 Å². The molecule has 0 bridgehead atoms. The summed E-state index contributed by atoms with van der Waals surface area (Å²) in [7, 11) is 0. The molecule has 0 amide bonds. The van der Waals surface area contributed by atoms with E-state index < -0.39 is 0 Å². The summed E-state index contributed by atoms with van der Waals surface area (Å²) < 4.78 is 17.7. The lowest BCUT2D eigenvalue weighted by Gasteiger charge is -2.12. The fourth-order valence-electron chi connectivity index (χ4n) is 9.94. The number of aromatic nitrogens is 4. The van der Waals surface area contributed by atoms with Gasteiger partial charge in [0.1, 0.15) is 22.3 Å². The molecule has 0 saturated carbocycles. The van der Waals surface area contributed by atoms with E-state index >= 15 is 0 Å². The Morgan fingerprint density at radius 1 is 0.339 bits per heavy atom. The van der Waals surface area contributed by atoms with E-state index in [0.717, 1.165) is 105 Å². The van der Waals surface area contributed by atoms with E-state index in [1.165, 1.54) is 21.8 Å². The molecule has 5 heterocycles. The van der Waals surface area contributed by atoms with Crippen LogP contribution < -0.4 is 0 Å². The molecule has 0 N–H and O–H groups in total. The summed E-state index contributed by atoms with van der Waals surface area (Å²) >= 11 is 0. The van der Waals surface area contributed by atoms with Crippen LogP contribution in [0.4, 0.5) is 0 Å². The number of para-hydroxylation sites is 6. The van der Waals surface area contributed by atoms with Crippen LogP contribution in [0, 0.1) is 0 Å². The summed E-state index contributed by atoms with van der Waals surface area (Å²) in [5, 5.41) is 9.90. The molecule has 0 spiro atoms. The van der Waals surface area contributed by atoms with Crippen molar-refractivity contribution in [3.8, 4) is 34.0 Å². The van der Waals surface area contributed by atoms with Gasteiger partial charge in [-0.05, 0) is 83.9 Å². The van der Waals surface area contributed by atoms with Crippen LogP contribution in [-0.4, -0.2) is 19.1 Å². The summed E-state index contributed by atoms with van der Waals surface area (Å²) in [6.45, 7) is 0. The van der Waals surface area contributed by atoms with E-state index in [9.17, 15) is 0 Å². The van der Waals surface area contributed by atoms with E-state index in [2.05, 4.69) is 167 Å². The minimum Gasteiger partial charge on any atom is -0.456 e. The zero-order valence-electron chi connectivity index (χ0n) is 33.1. The lowest BCUT2D eigenvalue weighted by molar-refractivity contribution is 0.669. The second-order valence-electron chi connectivity index (χ2n) is 16.1. The van der Waals surface area contributed by atoms with Crippen molar-refractivity contribution in [1.82, 2.24) is 19.1 Å². The van der Waals surface area contributed by atoms with Gasteiger partial charge in [0.25, 0.3) is 0 Å². The van der Waals surface area contributed by atoms with Gasteiger partial charge in [-0.3, -0.25) is 4.57 Å². The number of hydrogen-bond acceptors (Lipinski definition) is 4. The Bertz CT molecular complexity index is 4170. The molecule has 0 aliphatic rings. The Labute approximate surface area is 353 Å². The molecule has 0 aliphatic heterocycles. The van der Waals surface area contributed by atoms with Crippen molar-refractivity contribution < 1.29 is 8.83 Å². The molecule has 6 heteroatoms. The maximum absolute atomic E-state index is 6.58. The van der Waals surface area contributed by atoms with Crippen LogP contribution >= 0.6 is 0 Å². The molecule has 14 aromatic rings. The van der Waals surface area contributed by atoms with E-state index in [0.29, 0.717) is 5.95 Å². The molecule has 9 aromatic carbocycles. The van der Waals surface area contributed by atoms with Crippen LogP contribution in [0.25, 0.3) is 132 Å². The van der Waals surface area contributed by atoms with Crippen molar-refractivity contribution in [2.45, 2.75) is 0 Å². The zero-order chi connectivity index (χ0) is 40.5. The normalized spacial score (nSPS) is 12.2. The van der Waals surface area contributed by atoms with Crippen molar-refractivity contribution in [2.24, 2.45) is 0 Å². The van der Waals surface area contributed by atoms with E-state index in [1.54, 1.807) is 0 Å². The third kappa shape index (κ3) is 4.69. The first-order chi connectivity index (χ1) is 30.7. The van der Waals surface area contributed by atoms with Crippen LogP contribution in [0.5, 0.6) is 0 Å². The standard InChI is InChI=1S/C56H32N4O2/c1-2-13-35(14-3-1)59-47-22-9-5-15-36(47)42-29-33(25-27-48(42)59)34-26-28-49-43(30-34)44-31-45-38-17-7-10-23-51(38)61-53(45)32-50(44)60(49)56-57-46-21-8-4-18-40(46)54(58-56)41-20-12-19-39-37-16-6-11-24-52(37)62-55(39)41/h1-32H. The number of nitrogens with zero attached hydrogens (tertiary/aromatic N) is 4. The van der Waals surface area contributed by atoms with E-state index in [1.807, 2.05) is 36.4 Å². The van der Waals surface area contributed by atoms with Crippen LogP contribution in [-0.2, 0) is 0 Å². The Hall–Kier alpha value is -8.48. The quantitative estimate of drug-likeness (QED) is 0.178. The summed E-state index contributed by atoms with van der Waals surface area (Å²) in [4.78, 5) is 10.8. The Morgan fingerprint density at radius 2 is 0.935 bits per heavy atom. The maximum Gasteiger partial charge on any atom is 0.235 e. The lowest BCUT2D eigenvalue weighted by Crippen LogP contribution is -2.03. The molecule has 0 saturated heterocycles. The molecular weight excluding hydrogens is 761 g/mol. The Balaban J connectivity index is 1.03. The largest absolute Gasteiger partial charge is 0.456 e. The molecule has 288 valence electrons. The number of benzene rings is 9. The van der Waals surface area contributed by atoms with Gasteiger partial charge in [-0.15, -0.1) is 0 Å². The lowest BCUT2D eigenvalue weighted by atomic mass is 10.00. The highest BCUT2D eigenvalue weighted by Gasteiger charge is 2.22. The minimum atomic E-state index is 0.574. The first-order valence-corrected chi connectivity index (χ1v) is 20.9. The molecule has 0 fully saturated rings. The summed E-state index contributed by atoms with van der Waals surface area (Å²) in [5.41, 5.74) is 13.7. The topological polar surface area (TPSA) is 61.9 Å². The minimum absolute atomic E-state index is 0.574. The van der Waals surface area contributed by atoms with Crippen LogP contribution in [0.15, 0.2) is 203 Å². The van der Waals surface area contributed by atoms with Gasteiger partial charge in [-0.2, -0.15) is 0 Å². The third-order valence-corrected chi connectivity index (χ3v) is 12.7. The van der Waals surface area contributed by atoms with Gasteiger partial charge in [-0.25, -0.2) is 9.97 Å². The van der Waals surface area contributed by atoms with Gasteiger partial charge >= 0.3 is 0 Å². The second-order valence-corrected chi connectivity index (χ2v) is 16.1. The van der Waals surface area contributed by atoms with E-state index in [-0.39, 0.29) is 0 Å². The molecule has 0 unspecified atom stereocenters. The van der Waals surface area contributed by atoms with Gasteiger partial charge in [0, 0.05) is 65.8 Å². The highest BCUT2D eigenvalue weighted by Crippen LogP contribution is 2.43. The highest BCUT2D eigenvalue weighted by molar-refractivity contribution is 6.18. The summed E-state index contributed by atoms with van der Waals surface area (Å²) in [6.07, 6.45) is 0. The van der Waals surface area contributed by atoms with Gasteiger partial charge in [0.2, 0.25) is 5.95 Å². The summed E-state index contributed by atoms with van der Waals surface area (Å²) in [5.74, 6) is 0.574. The number of furan rings is 2. The first-order valence-electron chi connectivity index (χ1n) is 20.9. The fourth-order valence-corrected chi connectivity index (χ4v) is 9.94. The highest BCUT2D eigenvalue weighted by atomic mass is 16.3. The smallest absolute Gasteiger partial charge is 0.235 e. The predicted octanol–water partition coefficient (Wildman–Crippen LogP) is 15.0. The van der Waals surface area contributed by atoms with Gasteiger partial charge in [0.15, 0.2) is 0 Å². The molecule has 14 rings (SSSR count). The molecule has 0 atom stereocenters. The molecule has 62 heavy (non-hydrogen) atoms. The van der Waals surface area contributed by atoms with Crippen LogP contribution in [0.2, 0.25) is 0 Å². The van der Waals surface area contributed by atoms with Crippen molar-refractivity contribution in [1.29, 1.82) is 0 Å².